The first-order valence-electron chi connectivity index (χ1n) is 8.87. The Morgan fingerprint density at radius 2 is 1.68 bits per heavy atom. The van der Waals surface area contributed by atoms with E-state index >= 15 is 0 Å². The number of nitrogens with one attached hydrogen (secondary N) is 1. The molecular weight excluding hydrogens is 445 g/mol. The lowest BCUT2D eigenvalue weighted by atomic mass is 10.2. The van der Waals surface area contributed by atoms with Crippen molar-refractivity contribution in [2.75, 3.05) is 11.9 Å². The molecule has 3 aromatic carbocycles. The van der Waals surface area contributed by atoms with Crippen LogP contribution in [0.3, 0.4) is 0 Å². The van der Waals surface area contributed by atoms with Crippen molar-refractivity contribution in [1.29, 1.82) is 0 Å². The van der Waals surface area contributed by atoms with Crippen LogP contribution in [0.2, 0.25) is 5.02 Å². The average Bonchev–Trinajstić information content (AvgIpc) is 2.68. The topological polar surface area (TPSA) is 30.5 Å². The molecule has 0 radical (unpaired) electrons. The van der Waals surface area contributed by atoms with Gasteiger partial charge in [0.1, 0.15) is 12.4 Å². The Hall–Kier alpha value is -2.24. The van der Waals surface area contributed by atoms with Crippen LogP contribution in [0.15, 0.2) is 65.1 Å². The maximum atomic E-state index is 13.0. The molecule has 0 saturated heterocycles. The van der Waals surface area contributed by atoms with Gasteiger partial charge in [-0.3, -0.25) is 0 Å². The lowest BCUT2D eigenvalue weighted by Crippen LogP contribution is -2.04. The molecule has 3 rings (SSSR count). The molecule has 0 aliphatic rings. The van der Waals surface area contributed by atoms with E-state index in [1.165, 1.54) is 12.1 Å². The number of halogens is 3. The van der Waals surface area contributed by atoms with E-state index < -0.39 is 0 Å². The first-order chi connectivity index (χ1) is 13.5. The second kappa shape index (κ2) is 9.80. The molecule has 1 N–H and O–H groups in total. The van der Waals surface area contributed by atoms with E-state index in [1.54, 1.807) is 12.1 Å². The minimum atomic E-state index is -0.264. The van der Waals surface area contributed by atoms with Gasteiger partial charge in [0.05, 0.1) is 11.6 Å². The monoisotopic (exact) mass is 463 g/mol. The van der Waals surface area contributed by atoms with Crippen LogP contribution in [0.5, 0.6) is 11.5 Å². The van der Waals surface area contributed by atoms with Crippen LogP contribution in [0.25, 0.3) is 0 Å². The Balaban J connectivity index is 1.73. The van der Waals surface area contributed by atoms with E-state index in [4.69, 9.17) is 21.1 Å². The summed E-state index contributed by atoms with van der Waals surface area (Å²) in [7, 11) is 0. The minimum Gasteiger partial charge on any atom is -0.490 e. The largest absolute Gasteiger partial charge is 0.490 e. The smallest absolute Gasteiger partial charge is 0.180 e. The Bertz CT molecular complexity index is 917. The summed E-state index contributed by atoms with van der Waals surface area (Å²) in [4.78, 5) is 0. The van der Waals surface area contributed by atoms with Crippen LogP contribution in [-0.4, -0.2) is 6.61 Å². The van der Waals surface area contributed by atoms with Crippen molar-refractivity contribution in [3.63, 3.8) is 0 Å². The van der Waals surface area contributed by atoms with Crippen molar-refractivity contribution in [3.05, 3.63) is 87.1 Å². The van der Waals surface area contributed by atoms with E-state index in [0.717, 1.165) is 21.3 Å². The van der Waals surface area contributed by atoms with Crippen LogP contribution in [0.4, 0.5) is 10.1 Å². The molecular formula is C22H20BrClFNO2. The summed E-state index contributed by atoms with van der Waals surface area (Å²) in [6, 6.07) is 17.9. The lowest BCUT2D eigenvalue weighted by Gasteiger charge is -2.16. The number of ether oxygens (including phenoxy) is 2. The summed E-state index contributed by atoms with van der Waals surface area (Å²) in [6.45, 7) is 3.33. The van der Waals surface area contributed by atoms with Gasteiger partial charge in [-0.1, -0.05) is 39.7 Å². The zero-order valence-electron chi connectivity index (χ0n) is 15.3. The maximum Gasteiger partial charge on any atom is 0.180 e. The molecule has 0 aliphatic carbocycles. The summed E-state index contributed by atoms with van der Waals surface area (Å²) >= 11 is 9.90. The zero-order valence-corrected chi connectivity index (χ0v) is 17.7. The molecule has 0 bridgehead atoms. The quantitative estimate of drug-likeness (QED) is 0.396. The maximum absolute atomic E-state index is 13.0. The molecule has 6 heteroatoms. The Labute approximate surface area is 177 Å². The fraction of sp³-hybridized carbons (Fsp3) is 0.182. The molecule has 3 aromatic rings. The van der Waals surface area contributed by atoms with E-state index in [9.17, 15) is 4.39 Å². The van der Waals surface area contributed by atoms with Gasteiger partial charge in [0.2, 0.25) is 0 Å². The summed E-state index contributed by atoms with van der Waals surface area (Å²) in [6.07, 6.45) is 0. The zero-order chi connectivity index (χ0) is 19.9. The third-order valence-electron chi connectivity index (χ3n) is 4.01. The van der Waals surface area contributed by atoms with Crippen molar-refractivity contribution in [1.82, 2.24) is 0 Å². The van der Waals surface area contributed by atoms with Crippen LogP contribution in [0, 0.1) is 5.82 Å². The van der Waals surface area contributed by atoms with Crippen LogP contribution in [-0.2, 0) is 13.2 Å². The van der Waals surface area contributed by atoms with Gasteiger partial charge in [0.25, 0.3) is 0 Å². The number of anilines is 1. The van der Waals surface area contributed by atoms with Gasteiger partial charge in [-0.05, 0) is 66.6 Å². The third kappa shape index (κ3) is 5.63. The van der Waals surface area contributed by atoms with Crippen LogP contribution >= 0.6 is 27.5 Å². The second-order valence-electron chi connectivity index (χ2n) is 6.11. The van der Waals surface area contributed by atoms with E-state index in [1.807, 2.05) is 43.3 Å². The Morgan fingerprint density at radius 3 is 2.36 bits per heavy atom. The molecule has 28 heavy (non-hydrogen) atoms. The van der Waals surface area contributed by atoms with E-state index in [2.05, 4.69) is 21.2 Å². The molecule has 0 heterocycles. The molecule has 3 nitrogen and oxygen atoms in total. The highest BCUT2D eigenvalue weighted by Gasteiger charge is 2.13. The summed E-state index contributed by atoms with van der Waals surface area (Å²) in [5.41, 5.74) is 2.79. The van der Waals surface area contributed by atoms with Gasteiger partial charge in [-0.2, -0.15) is 0 Å². The van der Waals surface area contributed by atoms with Crippen molar-refractivity contribution < 1.29 is 13.9 Å². The average molecular weight is 465 g/mol. The summed E-state index contributed by atoms with van der Waals surface area (Å²) in [5.74, 6) is 0.861. The number of hydrogen-bond donors (Lipinski definition) is 1. The Morgan fingerprint density at radius 1 is 0.964 bits per heavy atom. The number of hydrogen-bond acceptors (Lipinski definition) is 3. The van der Waals surface area contributed by atoms with E-state index in [-0.39, 0.29) is 5.82 Å². The van der Waals surface area contributed by atoms with Gasteiger partial charge in [-0.25, -0.2) is 4.39 Å². The number of benzene rings is 3. The molecule has 0 atom stereocenters. The highest BCUT2D eigenvalue weighted by Crippen LogP contribution is 2.37. The van der Waals surface area contributed by atoms with Gasteiger partial charge in [0.15, 0.2) is 11.5 Å². The molecule has 0 aliphatic heterocycles. The van der Waals surface area contributed by atoms with Crippen LogP contribution in [0.1, 0.15) is 18.1 Å². The molecule has 0 amide bonds. The lowest BCUT2D eigenvalue weighted by molar-refractivity contribution is 0.269. The minimum absolute atomic E-state index is 0.264. The molecule has 0 unspecified atom stereocenters. The van der Waals surface area contributed by atoms with Gasteiger partial charge < -0.3 is 14.8 Å². The highest BCUT2D eigenvalue weighted by molar-refractivity contribution is 9.10. The SMILES string of the molecule is CCOc1cc(CNc2ccc(F)cc2)cc(Cl)c1OCc1ccc(Br)cc1. The van der Waals surface area contributed by atoms with Crippen LogP contribution < -0.4 is 14.8 Å². The standard InChI is InChI=1S/C22H20BrClFNO2/c1-2-27-21-12-16(13-26-19-9-7-18(25)8-10-19)11-20(24)22(21)28-14-15-3-5-17(23)6-4-15/h3-12,26H,2,13-14H2,1H3. The first kappa shape index (κ1) is 20.5. The molecule has 146 valence electrons. The van der Waals surface area contributed by atoms with Crippen molar-refractivity contribution in [2.24, 2.45) is 0 Å². The fourth-order valence-corrected chi connectivity index (χ4v) is 3.19. The molecule has 0 saturated carbocycles. The highest BCUT2D eigenvalue weighted by atomic mass is 79.9. The normalized spacial score (nSPS) is 10.6. The van der Waals surface area contributed by atoms with Crippen molar-refractivity contribution in [3.8, 4) is 11.5 Å². The molecule has 0 aromatic heterocycles. The predicted molar refractivity (Wildman–Crippen MR) is 115 cm³/mol. The molecule has 0 fully saturated rings. The predicted octanol–water partition coefficient (Wildman–Crippen LogP) is 6.83. The number of rotatable bonds is 8. The van der Waals surface area contributed by atoms with Crippen molar-refractivity contribution in [2.45, 2.75) is 20.1 Å². The summed E-state index contributed by atoms with van der Waals surface area (Å²) in [5, 5.41) is 3.73. The summed E-state index contributed by atoms with van der Waals surface area (Å²) < 4.78 is 25.7. The first-order valence-corrected chi connectivity index (χ1v) is 10.0. The third-order valence-corrected chi connectivity index (χ3v) is 4.82. The fourth-order valence-electron chi connectivity index (χ4n) is 2.63. The second-order valence-corrected chi connectivity index (χ2v) is 7.44. The Kier molecular flexibility index (Phi) is 7.18. The van der Waals surface area contributed by atoms with Gasteiger partial charge >= 0.3 is 0 Å². The van der Waals surface area contributed by atoms with Gasteiger partial charge in [0, 0.05) is 16.7 Å². The van der Waals surface area contributed by atoms with Crippen molar-refractivity contribution >= 4 is 33.2 Å². The van der Waals surface area contributed by atoms with Gasteiger partial charge in [-0.15, -0.1) is 0 Å². The molecule has 0 spiro atoms. The van der Waals surface area contributed by atoms with E-state index in [0.29, 0.717) is 36.3 Å².